The van der Waals surface area contributed by atoms with Crippen LogP contribution in [0.25, 0.3) is 0 Å². The molecule has 1 rings (SSSR count). The SMILES string of the molecule is CCC(NC(=O)C1CC=CC1)(C(N)=O)C(C)C. The number of hydrogen-bond acceptors (Lipinski definition) is 2. The number of nitrogens with one attached hydrogen (secondary N) is 1. The number of nitrogens with two attached hydrogens (primary N) is 1. The fourth-order valence-corrected chi connectivity index (χ4v) is 2.31. The van der Waals surface area contributed by atoms with Crippen LogP contribution in [-0.4, -0.2) is 17.4 Å². The fourth-order valence-electron chi connectivity index (χ4n) is 2.31. The second-order valence-corrected chi connectivity index (χ2v) is 4.97. The highest BCUT2D eigenvalue weighted by Crippen LogP contribution is 2.24. The molecule has 0 aliphatic heterocycles. The molecule has 1 unspecified atom stereocenters. The van der Waals surface area contributed by atoms with Crippen molar-refractivity contribution in [3.8, 4) is 0 Å². The molecule has 0 radical (unpaired) electrons. The molecule has 3 N–H and O–H groups in total. The quantitative estimate of drug-likeness (QED) is 0.710. The van der Waals surface area contributed by atoms with Crippen LogP contribution in [0.1, 0.15) is 40.0 Å². The smallest absolute Gasteiger partial charge is 0.243 e. The Bertz CT molecular complexity index is 328. The highest BCUT2D eigenvalue weighted by Gasteiger charge is 2.40. The number of hydrogen-bond donors (Lipinski definition) is 2. The summed E-state index contributed by atoms with van der Waals surface area (Å²) in [5.74, 6) is -0.569. The molecule has 0 heterocycles. The Morgan fingerprint density at radius 1 is 1.41 bits per heavy atom. The molecule has 0 saturated carbocycles. The van der Waals surface area contributed by atoms with Gasteiger partial charge in [0.25, 0.3) is 0 Å². The van der Waals surface area contributed by atoms with E-state index in [1.54, 1.807) is 0 Å². The van der Waals surface area contributed by atoms with E-state index in [0.717, 1.165) is 12.8 Å². The van der Waals surface area contributed by atoms with Crippen molar-refractivity contribution in [2.45, 2.75) is 45.6 Å². The number of carbonyl (C=O) groups excluding carboxylic acids is 2. The summed E-state index contributed by atoms with van der Waals surface area (Å²) in [6.45, 7) is 5.68. The van der Waals surface area contributed by atoms with Crippen LogP contribution >= 0.6 is 0 Å². The summed E-state index contributed by atoms with van der Waals surface area (Å²) in [5, 5.41) is 2.87. The van der Waals surface area contributed by atoms with Crippen molar-refractivity contribution in [3.05, 3.63) is 12.2 Å². The topological polar surface area (TPSA) is 72.2 Å². The Labute approximate surface area is 103 Å². The number of amides is 2. The van der Waals surface area contributed by atoms with Crippen LogP contribution in [0.4, 0.5) is 0 Å². The molecule has 0 fully saturated rings. The first kappa shape index (κ1) is 13.7. The van der Waals surface area contributed by atoms with E-state index in [-0.39, 0.29) is 17.7 Å². The summed E-state index contributed by atoms with van der Waals surface area (Å²) >= 11 is 0. The van der Waals surface area contributed by atoms with E-state index >= 15 is 0 Å². The minimum absolute atomic E-state index is 0.0108. The first-order valence-electron chi connectivity index (χ1n) is 6.21. The summed E-state index contributed by atoms with van der Waals surface area (Å²) in [5.41, 5.74) is 4.54. The van der Waals surface area contributed by atoms with Gasteiger partial charge in [-0.3, -0.25) is 9.59 Å². The summed E-state index contributed by atoms with van der Waals surface area (Å²) in [6.07, 6.45) is 6.02. The van der Waals surface area contributed by atoms with E-state index in [9.17, 15) is 9.59 Å². The summed E-state index contributed by atoms with van der Waals surface area (Å²) in [7, 11) is 0. The summed E-state index contributed by atoms with van der Waals surface area (Å²) in [4.78, 5) is 23.7. The monoisotopic (exact) mass is 238 g/mol. The Balaban J connectivity index is 2.79. The number of allylic oxidation sites excluding steroid dienone is 2. The molecule has 0 aromatic carbocycles. The Kier molecular flexibility index (Phi) is 4.32. The van der Waals surface area contributed by atoms with Crippen LogP contribution in [0, 0.1) is 11.8 Å². The average molecular weight is 238 g/mol. The molecular weight excluding hydrogens is 216 g/mol. The van der Waals surface area contributed by atoms with Gasteiger partial charge in [-0.2, -0.15) is 0 Å². The molecule has 2 amide bonds. The zero-order valence-electron chi connectivity index (χ0n) is 10.8. The molecule has 4 heteroatoms. The van der Waals surface area contributed by atoms with Gasteiger partial charge in [-0.05, 0) is 25.2 Å². The molecular formula is C13H22N2O2. The van der Waals surface area contributed by atoms with Crippen molar-refractivity contribution in [1.29, 1.82) is 0 Å². The van der Waals surface area contributed by atoms with Crippen LogP contribution in [-0.2, 0) is 9.59 Å². The number of primary amides is 1. The maximum Gasteiger partial charge on any atom is 0.243 e. The molecule has 17 heavy (non-hydrogen) atoms. The van der Waals surface area contributed by atoms with E-state index in [4.69, 9.17) is 5.73 Å². The lowest BCUT2D eigenvalue weighted by Crippen LogP contribution is -2.61. The third-order valence-electron chi connectivity index (χ3n) is 3.71. The normalized spacial score (nSPS) is 19.3. The van der Waals surface area contributed by atoms with Gasteiger partial charge in [0, 0.05) is 5.92 Å². The Morgan fingerprint density at radius 3 is 2.29 bits per heavy atom. The van der Waals surface area contributed by atoms with Gasteiger partial charge in [0.05, 0.1) is 0 Å². The number of rotatable bonds is 5. The van der Waals surface area contributed by atoms with E-state index < -0.39 is 11.4 Å². The lowest BCUT2D eigenvalue weighted by molar-refractivity contribution is -0.135. The van der Waals surface area contributed by atoms with E-state index in [1.165, 1.54) is 0 Å². The lowest BCUT2D eigenvalue weighted by Gasteiger charge is -2.35. The maximum absolute atomic E-state index is 12.1. The number of carbonyl (C=O) groups is 2. The highest BCUT2D eigenvalue weighted by atomic mass is 16.2. The maximum atomic E-state index is 12.1. The predicted octanol–water partition coefficient (Wildman–Crippen LogP) is 1.36. The zero-order chi connectivity index (χ0) is 13.1. The van der Waals surface area contributed by atoms with Crippen molar-refractivity contribution in [2.75, 3.05) is 0 Å². The largest absolute Gasteiger partial charge is 0.368 e. The molecule has 0 aromatic heterocycles. The third kappa shape index (κ3) is 2.68. The molecule has 1 aliphatic carbocycles. The van der Waals surface area contributed by atoms with Gasteiger partial charge >= 0.3 is 0 Å². The molecule has 0 bridgehead atoms. The van der Waals surface area contributed by atoms with Gasteiger partial charge < -0.3 is 11.1 Å². The van der Waals surface area contributed by atoms with Crippen LogP contribution in [0.15, 0.2) is 12.2 Å². The molecule has 0 spiro atoms. The van der Waals surface area contributed by atoms with Crippen LogP contribution in [0.3, 0.4) is 0 Å². The predicted molar refractivity (Wildman–Crippen MR) is 67.1 cm³/mol. The van der Waals surface area contributed by atoms with Gasteiger partial charge in [0.15, 0.2) is 0 Å². The third-order valence-corrected chi connectivity index (χ3v) is 3.71. The summed E-state index contributed by atoms with van der Waals surface area (Å²) in [6, 6.07) is 0. The molecule has 0 aromatic rings. The van der Waals surface area contributed by atoms with Crippen molar-refractivity contribution in [2.24, 2.45) is 17.6 Å². The van der Waals surface area contributed by atoms with Crippen molar-refractivity contribution in [1.82, 2.24) is 5.32 Å². The second-order valence-electron chi connectivity index (χ2n) is 4.97. The first-order chi connectivity index (χ1) is 7.94. The van der Waals surface area contributed by atoms with Crippen LogP contribution in [0.5, 0.6) is 0 Å². The minimum Gasteiger partial charge on any atom is -0.368 e. The molecule has 0 saturated heterocycles. The fraction of sp³-hybridized carbons (Fsp3) is 0.692. The van der Waals surface area contributed by atoms with Gasteiger partial charge in [-0.25, -0.2) is 0 Å². The zero-order valence-corrected chi connectivity index (χ0v) is 10.8. The molecule has 96 valence electrons. The highest BCUT2D eigenvalue weighted by molar-refractivity contribution is 5.91. The van der Waals surface area contributed by atoms with Crippen molar-refractivity contribution >= 4 is 11.8 Å². The standard InChI is InChI=1S/C13H22N2O2/c1-4-13(9(2)3,12(14)17)15-11(16)10-7-5-6-8-10/h5-6,9-10H,4,7-8H2,1-3H3,(H2,14,17)(H,15,16). The van der Waals surface area contributed by atoms with E-state index in [0.29, 0.717) is 6.42 Å². The van der Waals surface area contributed by atoms with E-state index in [2.05, 4.69) is 5.32 Å². The van der Waals surface area contributed by atoms with Gasteiger partial charge in [0.2, 0.25) is 11.8 Å². The Morgan fingerprint density at radius 2 is 1.94 bits per heavy atom. The minimum atomic E-state index is -0.917. The lowest BCUT2D eigenvalue weighted by atomic mass is 9.82. The molecule has 1 atom stereocenters. The molecule has 1 aliphatic rings. The second kappa shape index (κ2) is 5.34. The Hall–Kier alpha value is -1.32. The summed E-state index contributed by atoms with van der Waals surface area (Å²) < 4.78 is 0. The first-order valence-corrected chi connectivity index (χ1v) is 6.21. The molecule has 4 nitrogen and oxygen atoms in total. The van der Waals surface area contributed by atoms with Gasteiger partial charge in [-0.1, -0.05) is 32.9 Å². The van der Waals surface area contributed by atoms with Gasteiger partial charge in [-0.15, -0.1) is 0 Å². The van der Waals surface area contributed by atoms with Crippen LogP contribution in [0.2, 0.25) is 0 Å². The van der Waals surface area contributed by atoms with Crippen molar-refractivity contribution in [3.63, 3.8) is 0 Å². The average Bonchev–Trinajstić information content (AvgIpc) is 2.77. The van der Waals surface area contributed by atoms with Crippen molar-refractivity contribution < 1.29 is 9.59 Å². The van der Waals surface area contributed by atoms with Gasteiger partial charge in [0.1, 0.15) is 5.54 Å². The van der Waals surface area contributed by atoms with E-state index in [1.807, 2.05) is 32.9 Å². The van der Waals surface area contributed by atoms with Crippen LogP contribution < -0.4 is 11.1 Å².